The maximum Gasteiger partial charge on any atom is 0.236 e. The van der Waals surface area contributed by atoms with Gasteiger partial charge < -0.3 is 4.90 Å². The highest BCUT2D eigenvalue weighted by Gasteiger charge is 2.21. The molecule has 0 aliphatic carbocycles. The fourth-order valence-electron chi connectivity index (χ4n) is 2.89. The van der Waals surface area contributed by atoms with Gasteiger partial charge in [0.2, 0.25) is 5.91 Å². The largest absolute Gasteiger partial charge is 0.348 e. The summed E-state index contributed by atoms with van der Waals surface area (Å²) >= 11 is 0. The molecule has 1 atom stereocenters. The maximum atomic E-state index is 12.9. The summed E-state index contributed by atoms with van der Waals surface area (Å²) in [5, 5.41) is 0. The van der Waals surface area contributed by atoms with Crippen LogP contribution in [0.1, 0.15) is 24.8 Å². The number of nitrogens with zero attached hydrogens (tertiary/aromatic N) is 2. The standard InChI is InChI=1S/C17H25FN2O/c1-19(2)17(21)13-20-11-3-4-15(12-20)6-5-14-7-9-16(18)10-8-14/h7-10,15H,3-6,11-13H2,1-2H3. The Morgan fingerprint density at radius 3 is 2.71 bits per heavy atom. The number of piperidine rings is 1. The summed E-state index contributed by atoms with van der Waals surface area (Å²) < 4.78 is 12.9. The van der Waals surface area contributed by atoms with Crippen LogP contribution >= 0.6 is 0 Å². The lowest BCUT2D eigenvalue weighted by Crippen LogP contribution is -2.42. The summed E-state index contributed by atoms with van der Waals surface area (Å²) in [6.07, 6.45) is 4.49. The number of halogens is 1. The number of likely N-dealkylation sites (N-methyl/N-ethyl adjacent to an activating group) is 1. The average Bonchev–Trinajstić information content (AvgIpc) is 2.47. The van der Waals surface area contributed by atoms with E-state index in [1.165, 1.54) is 24.1 Å². The van der Waals surface area contributed by atoms with Crippen LogP contribution in [-0.2, 0) is 11.2 Å². The molecule has 0 N–H and O–H groups in total. The minimum absolute atomic E-state index is 0.175. The van der Waals surface area contributed by atoms with E-state index >= 15 is 0 Å². The van der Waals surface area contributed by atoms with Crippen molar-refractivity contribution in [1.82, 2.24) is 9.80 Å². The Kier molecular flexibility index (Phi) is 5.74. The zero-order chi connectivity index (χ0) is 15.2. The van der Waals surface area contributed by atoms with Gasteiger partial charge in [-0.1, -0.05) is 12.1 Å². The fourth-order valence-corrected chi connectivity index (χ4v) is 2.89. The van der Waals surface area contributed by atoms with E-state index in [0.717, 1.165) is 32.4 Å². The number of rotatable bonds is 5. The van der Waals surface area contributed by atoms with Gasteiger partial charge in [0, 0.05) is 20.6 Å². The average molecular weight is 292 g/mol. The Labute approximate surface area is 126 Å². The second-order valence-electron chi connectivity index (χ2n) is 6.20. The SMILES string of the molecule is CN(C)C(=O)CN1CCCC(CCc2ccc(F)cc2)C1. The molecule has 0 radical (unpaired) electrons. The van der Waals surface area contributed by atoms with Gasteiger partial charge in [0.25, 0.3) is 0 Å². The van der Waals surface area contributed by atoms with Crippen molar-refractivity contribution in [3.63, 3.8) is 0 Å². The molecule has 1 aliphatic rings. The van der Waals surface area contributed by atoms with Crippen LogP contribution in [0.15, 0.2) is 24.3 Å². The van der Waals surface area contributed by atoms with Crippen LogP contribution in [0.3, 0.4) is 0 Å². The highest BCUT2D eigenvalue weighted by atomic mass is 19.1. The summed E-state index contributed by atoms with van der Waals surface area (Å²) in [5.74, 6) is 0.637. The Bertz CT molecular complexity index is 458. The first-order valence-electron chi connectivity index (χ1n) is 7.71. The van der Waals surface area contributed by atoms with E-state index in [0.29, 0.717) is 12.5 Å². The normalized spacial score (nSPS) is 19.5. The molecule has 0 spiro atoms. The number of hydrogen-bond acceptors (Lipinski definition) is 2. The Morgan fingerprint density at radius 1 is 1.33 bits per heavy atom. The summed E-state index contributed by atoms with van der Waals surface area (Å²) in [4.78, 5) is 15.7. The molecule has 1 heterocycles. The predicted octanol–water partition coefficient (Wildman–Crippen LogP) is 2.56. The van der Waals surface area contributed by atoms with E-state index in [1.807, 2.05) is 12.1 Å². The number of carbonyl (C=O) groups excluding carboxylic acids is 1. The van der Waals surface area contributed by atoms with Crippen LogP contribution in [0.4, 0.5) is 4.39 Å². The van der Waals surface area contributed by atoms with Crippen molar-refractivity contribution < 1.29 is 9.18 Å². The zero-order valence-corrected chi connectivity index (χ0v) is 13.0. The third-order valence-electron chi connectivity index (χ3n) is 4.22. The van der Waals surface area contributed by atoms with Gasteiger partial charge >= 0.3 is 0 Å². The highest BCUT2D eigenvalue weighted by Crippen LogP contribution is 2.21. The molecular formula is C17H25FN2O. The van der Waals surface area contributed by atoms with E-state index in [4.69, 9.17) is 0 Å². The van der Waals surface area contributed by atoms with Gasteiger partial charge in [-0.05, 0) is 55.8 Å². The molecule has 1 aromatic rings. The van der Waals surface area contributed by atoms with Crippen LogP contribution in [0.5, 0.6) is 0 Å². The van der Waals surface area contributed by atoms with Gasteiger partial charge in [0.1, 0.15) is 5.82 Å². The number of hydrogen-bond donors (Lipinski definition) is 0. The van der Waals surface area contributed by atoms with Crippen LogP contribution < -0.4 is 0 Å². The first kappa shape index (κ1) is 16.0. The van der Waals surface area contributed by atoms with Gasteiger partial charge in [-0.15, -0.1) is 0 Å². The van der Waals surface area contributed by atoms with Crippen molar-refractivity contribution in [2.45, 2.75) is 25.7 Å². The minimum atomic E-state index is -0.176. The number of likely N-dealkylation sites (tertiary alicyclic amines) is 1. The molecule has 1 aromatic carbocycles. The second-order valence-corrected chi connectivity index (χ2v) is 6.20. The Hall–Kier alpha value is -1.42. The van der Waals surface area contributed by atoms with Gasteiger partial charge in [-0.25, -0.2) is 4.39 Å². The van der Waals surface area contributed by atoms with Crippen molar-refractivity contribution in [3.8, 4) is 0 Å². The summed E-state index contributed by atoms with van der Waals surface area (Å²) in [6, 6.07) is 6.79. The summed E-state index contributed by atoms with van der Waals surface area (Å²) in [6.45, 7) is 2.55. The van der Waals surface area contributed by atoms with Gasteiger partial charge in [0.05, 0.1) is 6.54 Å². The number of benzene rings is 1. The van der Waals surface area contributed by atoms with Crippen LogP contribution in [0.25, 0.3) is 0 Å². The molecule has 116 valence electrons. The third-order valence-corrected chi connectivity index (χ3v) is 4.22. The monoisotopic (exact) mass is 292 g/mol. The molecule has 1 aliphatic heterocycles. The second kappa shape index (κ2) is 7.55. The zero-order valence-electron chi connectivity index (χ0n) is 13.0. The predicted molar refractivity (Wildman–Crippen MR) is 82.6 cm³/mol. The topological polar surface area (TPSA) is 23.6 Å². The van der Waals surface area contributed by atoms with Crippen molar-refractivity contribution in [1.29, 1.82) is 0 Å². The maximum absolute atomic E-state index is 12.9. The van der Waals surface area contributed by atoms with E-state index < -0.39 is 0 Å². The number of amides is 1. The van der Waals surface area contributed by atoms with E-state index in [9.17, 15) is 9.18 Å². The van der Waals surface area contributed by atoms with Crippen LogP contribution in [-0.4, -0.2) is 49.4 Å². The molecule has 3 nitrogen and oxygen atoms in total. The smallest absolute Gasteiger partial charge is 0.236 e. The third kappa shape index (κ3) is 5.12. The van der Waals surface area contributed by atoms with Crippen molar-refractivity contribution in [2.24, 2.45) is 5.92 Å². The molecule has 1 unspecified atom stereocenters. The molecule has 1 fully saturated rings. The highest BCUT2D eigenvalue weighted by molar-refractivity contribution is 5.77. The Balaban J connectivity index is 1.78. The summed E-state index contributed by atoms with van der Waals surface area (Å²) in [5.41, 5.74) is 1.19. The fraction of sp³-hybridized carbons (Fsp3) is 0.588. The van der Waals surface area contributed by atoms with Crippen molar-refractivity contribution >= 4 is 5.91 Å². The van der Waals surface area contributed by atoms with Gasteiger partial charge in [-0.3, -0.25) is 9.69 Å². The molecule has 0 aromatic heterocycles. The van der Waals surface area contributed by atoms with Crippen LogP contribution in [0, 0.1) is 11.7 Å². The van der Waals surface area contributed by atoms with E-state index in [1.54, 1.807) is 19.0 Å². The lowest BCUT2D eigenvalue weighted by Gasteiger charge is -2.32. The molecule has 1 amide bonds. The quantitative estimate of drug-likeness (QED) is 0.833. The van der Waals surface area contributed by atoms with Crippen LogP contribution in [0.2, 0.25) is 0 Å². The number of aryl methyl sites for hydroxylation is 1. The summed E-state index contributed by atoms with van der Waals surface area (Å²) in [7, 11) is 3.61. The first-order valence-corrected chi connectivity index (χ1v) is 7.71. The molecule has 0 saturated carbocycles. The van der Waals surface area contributed by atoms with E-state index in [-0.39, 0.29) is 11.7 Å². The molecule has 2 rings (SSSR count). The lowest BCUT2D eigenvalue weighted by atomic mass is 9.91. The van der Waals surface area contributed by atoms with Crippen molar-refractivity contribution in [3.05, 3.63) is 35.6 Å². The minimum Gasteiger partial charge on any atom is -0.348 e. The molecule has 4 heteroatoms. The lowest BCUT2D eigenvalue weighted by molar-refractivity contribution is -0.130. The molecule has 1 saturated heterocycles. The first-order chi connectivity index (χ1) is 10.0. The van der Waals surface area contributed by atoms with Gasteiger partial charge in [-0.2, -0.15) is 0 Å². The Morgan fingerprint density at radius 2 is 2.05 bits per heavy atom. The van der Waals surface area contributed by atoms with E-state index in [2.05, 4.69) is 4.90 Å². The molecular weight excluding hydrogens is 267 g/mol. The van der Waals surface area contributed by atoms with Crippen molar-refractivity contribution in [2.75, 3.05) is 33.7 Å². The molecule has 0 bridgehead atoms. The number of carbonyl (C=O) groups is 1. The van der Waals surface area contributed by atoms with Gasteiger partial charge in [0.15, 0.2) is 0 Å². The molecule has 21 heavy (non-hydrogen) atoms.